The second-order valence-electron chi connectivity index (χ2n) is 12.9. The molecule has 2 unspecified atom stereocenters. The summed E-state index contributed by atoms with van der Waals surface area (Å²) in [5.74, 6) is 0. The van der Waals surface area contributed by atoms with E-state index < -0.39 is 7.82 Å². The highest BCUT2D eigenvalue weighted by Crippen LogP contribution is 2.48. The van der Waals surface area contributed by atoms with Crippen LogP contribution in [-0.2, 0) is 13.6 Å². The number of phosphoric acid groups is 1. The second-order valence-corrected chi connectivity index (χ2v) is 14.2. The highest BCUT2D eigenvalue weighted by atomic mass is 31.2. The van der Waals surface area contributed by atoms with Gasteiger partial charge in [0, 0.05) is 0 Å². The fraction of sp³-hybridized carbons (Fsp3) is 1.00. The third-order valence-electron chi connectivity index (χ3n) is 8.58. The van der Waals surface area contributed by atoms with Gasteiger partial charge in [-0.05, 0) is 25.7 Å². The van der Waals surface area contributed by atoms with E-state index >= 15 is 0 Å². The lowest BCUT2D eigenvalue weighted by Gasteiger charge is -2.25. The molecule has 0 fully saturated rings. The van der Waals surface area contributed by atoms with Crippen LogP contribution < -0.4 is 0 Å². The first-order valence-corrected chi connectivity index (χ1v) is 20.2. The van der Waals surface area contributed by atoms with Gasteiger partial charge in [0.2, 0.25) is 0 Å². The standard InChI is InChI=1S/C36H75O4P/c1-5-9-13-17-19-21-25-29-33-35(31-27-23-15-11-7-3)39-41(37,38)40-36(32-28-24-16-12-8-4)34-30-26-22-20-18-14-10-6-2/h35-36H,5-34H2,1-4H3,(H,37,38). The number of hydrogen-bond acceptors (Lipinski definition) is 3. The minimum Gasteiger partial charge on any atom is -0.302 e. The first kappa shape index (κ1) is 41.1. The van der Waals surface area contributed by atoms with Gasteiger partial charge in [-0.2, -0.15) is 0 Å². The molecule has 0 amide bonds. The molecule has 0 spiro atoms. The molecule has 0 aliphatic rings. The largest absolute Gasteiger partial charge is 0.472 e. The summed E-state index contributed by atoms with van der Waals surface area (Å²) in [5.41, 5.74) is 0. The van der Waals surface area contributed by atoms with E-state index in [1.165, 1.54) is 141 Å². The molecule has 0 aromatic heterocycles. The molecule has 0 heterocycles. The van der Waals surface area contributed by atoms with Crippen molar-refractivity contribution in [3.63, 3.8) is 0 Å². The molecule has 4 nitrogen and oxygen atoms in total. The van der Waals surface area contributed by atoms with Crippen molar-refractivity contribution in [2.45, 2.75) is 233 Å². The average molecular weight is 603 g/mol. The Balaban J connectivity index is 4.79. The summed E-state index contributed by atoms with van der Waals surface area (Å²) in [6.07, 6.45) is 35.5. The third kappa shape index (κ3) is 29.9. The highest BCUT2D eigenvalue weighted by molar-refractivity contribution is 7.47. The lowest BCUT2D eigenvalue weighted by Crippen LogP contribution is -2.17. The van der Waals surface area contributed by atoms with E-state index in [0.717, 1.165) is 51.4 Å². The number of rotatable bonds is 34. The fourth-order valence-corrected chi connectivity index (χ4v) is 7.09. The molecule has 248 valence electrons. The maximum absolute atomic E-state index is 13.3. The lowest BCUT2D eigenvalue weighted by atomic mass is 10.0. The van der Waals surface area contributed by atoms with E-state index in [4.69, 9.17) is 9.05 Å². The van der Waals surface area contributed by atoms with Gasteiger partial charge < -0.3 is 4.89 Å². The highest BCUT2D eigenvalue weighted by Gasteiger charge is 2.30. The zero-order chi connectivity index (χ0) is 30.3. The van der Waals surface area contributed by atoms with Crippen molar-refractivity contribution in [2.24, 2.45) is 0 Å². The molecule has 0 aromatic carbocycles. The summed E-state index contributed by atoms with van der Waals surface area (Å²) >= 11 is 0. The van der Waals surface area contributed by atoms with E-state index in [1.54, 1.807) is 0 Å². The Morgan fingerprint density at radius 1 is 0.390 bits per heavy atom. The van der Waals surface area contributed by atoms with Crippen molar-refractivity contribution in [3.8, 4) is 0 Å². The molecule has 0 saturated carbocycles. The number of unbranched alkanes of at least 4 members (excludes halogenated alkanes) is 22. The minimum atomic E-state index is -4.08. The van der Waals surface area contributed by atoms with Gasteiger partial charge in [0.05, 0.1) is 12.2 Å². The topological polar surface area (TPSA) is 55.8 Å². The summed E-state index contributed by atoms with van der Waals surface area (Å²) in [5, 5.41) is 0. The van der Waals surface area contributed by atoms with Gasteiger partial charge >= 0.3 is 7.82 Å². The van der Waals surface area contributed by atoms with Crippen LogP contribution in [0.5, 0.6) is 0 Å². The normalized spacial score (nSPS) is 14.8. The molecule has 0 aliphatic heterocycles. The van der Waals surface area contributed by atoms with Crippen LogP contribution in [0.2, 0.25) is 0 Å². The van der Waals surface area contributed by atoms with Gasteiger partial charge in [0.25, 0.3) is 0 Å². The molecule has 0 radical (unpaired) electrons. The van der Waals surface area contributed by atoms with Crippen molar-refractivity contribution < 1.29 is 18.5 Å². The molecule has 0 saturated heterocycles. The van der Waals surface area contributed by atoms with Gasteiger partial charge in [0.15, 0.2) is 0 Å². The Labute approximate surface area is 258 Å². The first-order valence-electron chi connectivity index (χ1n) is 18.7. The first-order chi connectivity index (χ1) is 20.0. The summed E-state index contributed by atoms with van der Waals surface area (Å²) in [6, 6.07) is 0. The lowest BCUT2D eigenvalue weighted by molar-refractivity contribution is 0.0575. The molecular weight excluding hydrogens is 527 g/mol. The van der Waals surface area contributed by atoms with E-state index in [-0.39, 0.29) is 12.2 Å². The molecule has 0 aliphatic carbocycles. The van der Waals surface area contributed by atoms with E-state index in [1.807, 2.05) is 0 Å². The molecule has 0 bridgehead atoms. The van der Waals surface area contributed by atoms with Crippen molar-refractivity contribution in [3.05, 3.63) is 0 Å². The van der Waals surface area contributed by atoms with Crippen molar-refractivity contribution in [1.29, 1.82) is 0 Å². The molecule has 1 N–H and O–H groups in total. The second kappa shape index (κ2) is 31.5. The third-order valence-corrected chi connectivity index (χ3v) is 9.71. The predicted octanol–water partition coefficient (Wildman–Crippen LogP) is 13.6. The van der Waals surface area contributed by atoms with Crippen molar-refractivity contribution in [2.75, 3.05) is 0 Å². The van der Waals surface area contributed by atoms with Crippen LogP contribution in [-0.4, -0.2) is 17.1 Å². The minimum absolute atomic E-state index is 0.166. The SMILES string of the molecule is CCCCCCCCCCC(CCCCCCC)OP(=O)(O)OC(CCCCCCC)CCCCCCCCCC. The molecule has 0 aromatic rings. The molecule has 2 atom stereocenters. The van der Waals surface area contributed by atoms with Crippen LogP contribution >= 0.6 is 7.82 Å². The Bertz CT molecular complexity index is 512. The van der Waals surface area contributed by atoms with Crippen LogP contribution in [0.25, 0.3) is 0 Å². The summed E-state index contributed by atoms with van der Waals surface area (Å²) in [7, 11) is -4.08. The summed E-state index contributed by atoms with van der Waals surface area (Å²) in [6.45, 7) is 9.00. The van der Waals surface area contributed by atoms with Gasteiger partial charge in [-0.3, -0.25) is 9.05 Å². The maximum atomic E-state index is 13.3. The zero-order valence-electron chi connectivity index (χ0n) is 28.5. The Morgan fingerprint density at radius 2 is 0.585 bits per heavy atom. The van der Waals surface area contributed by atoms with Crippen LogP contribution in [0, 0.1) is 0 Å². The van der Waals surface area contributed by atoms with Crippen LogP contribution in [0.1, 0.15) is 220 Å². The van der Waals surface area contributed by atoms with E-state index in [9.17, 15) is 9.46 Å². The summed E-state index contributed by atoms with van der Waals surface area (Å²) in [4.78, 5) is 10.9. The van der Waals surface area contributed by atoms with Gasteiger partial charge in [-0.15, -0.1) is 0 Å². The molecule has 5 heteroatoms. The molecule has 41 heavy (non-hydrogen) atoms. The summed E-state index contributed by atoms with van der Waals surface area (Å²) < 4.78 is 25.2. The molecular formula is C36H75O4P. The van der Waals surface area contributed by atoms with Crippen LogP contribution in [0.15, 0.2) is 0 Å². The van der Waals surface area contributed by atoms with Gasteiger partial charge in [-0.25, -0.2) is 4.57 Å². The molecule has 0 rings (SSSR count). The van der Waals surface area contributed by atoms with Crippen molar-refractivity contribution in [1.82, 2.24) is 0 Å². The Kier molecular flexibility index (Phi) is 31.6. The van der Waals surface area contributed by atoms with Crippen LogP contribution in [0.4, 0.5) is 0 Å². The van der Waals surface area contributed by atoms with E-state index in [0.29, 0.717) is 0 Å². The Morgan fingerprint density at radius 3 is 0.805 bits per heavy atom. The van der Waals surface area contributed by atoms with Crippen molar-refractivity contribution >= 4 is 7.82 Å². The predicted molar refractivity (Wildman–Crippen MR) is 181 cm³/mol. The maximum Gasteiger partial charge on any atom is 0.472 e. The van der Waals surface area contributed by atoms with Crippen LogP contribution in [0.3, 0.4) is 0 Å². The van der Waals surface area contributed by atoms with Gasteiger partial charge in [-0.1, -0.05) is 195 Å². The Hall–Kier alpha value is 0.110. The van der Waals surface area contributed by atoms with Gasteiger partial charge in [0.1, 0.15) is 0 Å². The monoisotopic (exact) mass is 603 g/mol. The van der Waals surface area contributed by atoms with E-state index in [2.05, 4.69) is 27.7 Å². The number of phosphoric ester groups is 1. The fourth-order valence-electron chi connectivity index (χ4n) is 5.86. The number of hydrogen-bond donors (Lipinski definition) is 1. The smallest absolute Gasteiger partial charge is 0.302 e. The average Bonchev–Trinajstić information content (AvgIpc) is 2.95. The zero-order valence-corrected chi connectivity index (χ0v) is 29.4. The quantitative estimate of drug-likeness (QED) is 0.0588.